The molecule has 3 fully saturated rings. The molecule has 1 aromatic carbocycles. The molecule has 2 aliphatic heterocycles. The fourth-order valence-electron chi connectivity index (χ4n) is 4.89. The van der Waals surface area contributed by atoms with Gasteiger partial charge in [0.05, 0.1) is 13.2 Å². The topological polar surface area (TPSA) is 49.9 Å². The van der Waals surface area contributed by atoms with E-state index in [9.17, 15) is 9.59 Å². The summed E-state index contributed by atoms with van der Waals surface area (Å²) in [4.78, 5) is 29.4. The summed E-state index contributed by atoms with van der Waals surface area (Å²) in [6.07, 6.45) is 8.09. The third-order valence-electron chi connectivity index (χ3n) is 6.69. The number of likely N-dealkylation sites (tertiary alicyclic amines) is 1. The molecule has 0 bridgehead atoms. The number of morpholine rings is 1. The summed E-state index contributed by atoms with van der Waals surface area (Å²) in [5.74, 6) is 1.07. The van der Waals surface area contributed by atoms with Crippen LogP contribution in [0, 0.1) is 5.92 Å². The number of carbonyl (C=O) groups is 2. The average molecular weight is 385 g/mol. The summed E-state index contributed by atoms with van der Waals surface area (Å²) >= 11 is 0. The average Bonchev–Trinajstić information content (AvgIpc) is 2.79. The number of carbonyl (C=O) groups excluding carboxylic acids is 2. The number of ether oxygens (including phenoxy) is 1. The Bertz CT molecular complexity index is 668. The predicted octanol–water partition coefficient (Wildman–Crippen LogP) is 3.45. The number of amides is 2. The lowest BCUT2D eigenvalue weighted by Gasteiger charge is -2.35. The van der Waals surface area contributed by atoms with E-state index in [1.165, 1.54) is 37.7 Å². The molecule has 0 atom stereocenters. The van der Waals surface area contributed by atoms with Crippen molar-refractivity contribution in [1.29, 1.82) is 0 Å². The Labute approximate surface area is 168 Å². The van der Waals surface area contributed by atoms with Crippen molar-refractivity contribution in [3.63, 3.8) is 0 Å². The molecule has 0 radical (unpaired) electrons. The van der Waals surface area contributed by atoms with Gasteiger partial charge in [-0.25, -0.2) is 0 Å². The van der Waals surface area contributed by atoms with Crippen LogP contribution in [0.5, 0.6) is 0 Å². The Hall–Kier alpha value is -1.88. The second kappa shape index (κ2) is 9.08. The highest BCUT2D eigenvalue weighted by Gasteiger charge is 2.31. The number of nitrogens with zero attached hydrogens (tertiary/aromatic N) is 2. The molecule has 0 N–H and O–H groups in total. The molecule has 1 aromatic rings. The van der Waals surface area contributed by atoms with E-state index in [-0.39, 0.29) is 17.7 Å². The summed E-state index contributed by atoms with van der Waals surface area (Å²) in [5, 5.41) is 0. The van der Waals surface area contributed by atoms with Crippen molar-refractivity contribution in [2.45, 2.75) is 50.9 Å². The van der Waals surface area contributed by atoms with Crippen LogP contribution in [0.25, 0.3) is 0 Å². The zero-order valence-electron chi connectivity index (χ0n) is 16.8. The first kappa shape index (κ1) is 19.4. The van der Waals surface area contributed by atoms with Crippen molar-refractivity contribution in [3.05, 3.63) is 35.4 Å². The van der Waals surface area contributed by atoms with Crippen LogP contribution in [0.2, 0.25) is 0 Å². The molecule has 3 aliphatic rings. The summed E-state index contributed by atoms with van der Waals surface area (Å²) in [5.41, 5.74) is 2.16. The molecule has 4 rings (SSSR count). The van der Waals surface area contributed by atoms with Crippen LogP contribution in [0.4, 0.5) is 0 Å². The van der Waals surface area contributed by atoms with Crippen molar-refractivity contribution >= 4 is 11.8 Å². The van der Waals surface area contributed by atoms with E-state index in [2.05, 4.69) is 12.1 Å². The Balaban J connectivity index is 1.30. The summed E-state index contributed by atoms with van der Waals surface area (Å²) < 4.78 is 5.33. The fourth-order valence-corrected chi connectivity index (χ4v) is 4.89. The van der Waals surface area contributed by atoms with Gasteiger partial charge in [-0.3, -0.25) is 9.59 Å². The van der Waals surface area contributed by atoms with E-state index >= 15 is 0 Å². The van der Waals surface area contributed by atoms with Gasteiger partial charge in [0.1, 0.15) is 0 Å². The molecule has 152 valence electrons. The number of benzene rings is 1. The number of rotatable bonds is 3. The molecule has 0 spiro atoms. The van der Waals surface area contributed by atoms with E-state index in [1.807, 2.05) is 21.9 Å². The first-order valence-corrected chi connectivity index (χ1v) is 11.0. The Morgan fingerprint density at radius 1 is 0.786 bits per heavy atom. The zero-order chi connectivity index (χ0) is 19.3. The van der Waals surface area contributed by atoms with E-state index in [0.717, 1.165) is 18.4 Å². The lowest BCUT2D eigenvalue weighted by atomic mass is 9.84. The minimum atomic E-state index is 0.0517. The van der Waals surface area contributed by atoms with Gasteiger partial charge in [0, 0.05) is 37.7 Å². The molecule has 5 heteroatoms. The Morgan fingerprint density at radius 3 is 2.07 bits per heavy atom. The van der Waals surface area contributed by atoms with Gasteiger partial charge in [0.25, 0.3) is 5.91 Å². The standard InChI is InChI=1S/C23H32N2O3/c26-22(20-8-6-19(7-9-20)18-4-2-1-3-5-18)24-12-10-21(11-13-24)23(27)25-14-16-28-17-15-25/h6-9,18,21H,1-5,10-17H2. The molecule has 5 nitrogen and oxygen atoms in total. The normalized spacial score (nSPS) is 22.3. The highest BCUT2D eigenvalue weighted by Crippen LogP contribution is 2.32. The van der Waals surface area contributed by atoms with Gasteiger partial charge in [0.15, 0.2) is 0 Å². The van der Waals surface area contributed by atoms with Crippen LogP contribution < -0.4 is 0 Å². The van der Waals surface area contributed by atoms with Crippen LogP contribution in [0.15, 0.2) is 24.3 Å². The minimum absolute atomic E-state index is 0.0517. The molecule has 0 unspecified atom stereocenters. The van der Waals surface area contributed by atoms with Crippen molar-refractivity contribution in [3.8, 4) is 0 Å². The maximum Gasteiger partial charge on any atom is 0.253 e. The van der Waals surface area contributed by atoms with Gasteiger partial charge < -0.3 is 14.5 Å². The van der Waals surface area contributed by atoms with Crippen molar-refractivity contribution in [2.24, 2.45) is 5.92 Å². The SMILES string of the molecule is O=C(c1ccc(C2CCCCC2)cc1)N1CCC(C(=O)N2CCOCC2)CC1. The van der Waals surface area contributed by atoms with Gasteiger partial charge >= 0.3 is 0 Å². The minimum Gasteiger partial charge on any atom is -0.378 e. The quantitative estimate of drug-likeness (QED) is 0.802. The second-order valence-electron chi connectivity index (χ2n) is 8.46. The van der Waals surface area contributed by atoms with Crippen LogP contribution in [-0.2, 0) is 9.53 Å². The molecule has 2 saturated heterocycles. The largest absolute Gasteiger partial charge is 0.378 e. The maximum atomic E-state index is 12.9. The monoisotopic (exact) mass is 384 g/mol. The Kier molecular flexibility index (Phi) is 6.30. The van der Waals surface area contributed by atoms with E-state index in [1.54, 1.807) is 0 Å². The zero-order valence-corrected chi connectivity index (χ0v) is 16.8. The van der Waals surface area contributed by atoms with E-state index < -0.39 is 0 Å². The van der Waals surface area contributed by atoms with E-state index in [0.29, 0.717) is 45.3 Å². The van der Waals surface area contributed by atoms with E-state index in [4.69, 9.17) is 4.74 Å². The van der Waals surface area contributed by atoms with Crippen molar-refractivity contribution in [2.75, 3.05) is 39.4 Å². The lowest BCUT2D eigenvalue weighted by molar-refractivity contribution is -0.141. The third kappa shape index (κ3) is 4.40. The van der Waals surface area contributed by atoms with Crippen molar-refractivity contribution in [1.82, 2.24) is 9.80 Å². The smallest absolute Gasteiger partial charge is 0.253 e. The maximum absolute atomic E-state index is 12.9. The number of hydrogen-bond acceptors (Lipinski definition) is 3. The van der Waals surface area contributed by atoms with Gasteiger partial charge in [-0.15, -0.1) is 0 Å². The number of piperidine rings is 1. The molecule has 0 aromatic heterocycles. The Morgan fingerprint density at radius 2 is 1.43 bits per heavy atom. The van der Waals surface area contributed by atoms with Crippen LogP contribution in [0.1, 0.15) is 66.8 Å². The van der Waals surface area contributed by atoms with Crippen LogP contribution in [-0.4, -0.2) is 61.0 Å². The molecule has 2 heterocycles. The predicted molar refractivity (Wildman–Crippen MR) is 108 cm³/mol. The van der Waals surface area contributed by atoms with Gasteiger partial charge in [-0.1, -0.05) is 31.4 Å². The fraction of sp³-hybridized carbons (Fsp3) is 0.652. The van der Waals surface area contributed by atoms with Gasteiger partial charge in [0.2, 0.25) is 5.91 Å². The molecule has 28 heavy (non-hydrogen) atoms. The van der Waals surface area contributed by atoms with Gasteiger partial charge in [-0.05, 0) is 49.3 Å². The summed E-state index contributed by atoms with van der Waals surface area (Å²) in [7, 11) is 0. The molecule has 2 amide bonds. The molecule has 1 aliphatic carbocycles. The molecule has 1 saturated carbocycles. The molecular formula is C23H32N2O3. The van der Waals surface area contributed by atoms with Gasteiger partial charge in [-0.2, -0.15) is 0 Å². The first-order valence-electron chi connectivity index (χ1n) is 11.0. The first-order chi connectivity index (χ1) is 13.7. The lowest BCUT2D eigenvalue weighted by Crippen LogP contribution is -2.47. The van der Waals surface area contributed by atoms with Crippen LogP contribution in [0.3, 0.4) is 0 Å². The highest BCUT2D eigenvalue weighted by atomic mass is 16.5. The second-order valence-corrected chi connectivity index (χ2v) is 8.46. The third-order valence-corrected chi connectivity index (χ3v) is 6.69. The summed E-state index contributed by atoms with van der Waals surface area (Å²) in [6.45, 7) is 4.02. The molecular weight excluding hydrogens is 352 g/mol. The summed E-state index contributed by atoms with van der Waals surface area (Å²) in [6, 6.07) is 8.30. The number of hydrogen-bond donors (Lipinski definition) is 0. The highest BCUT2D eigenvalue weighted by molar-refractivity contribution is 5.94. The van der Waals surface area contributed by atoms with Crippen molar-refractivity contribution < 1.29 is 14.3 Å². The van der Waals surface area contributed by atoms with Crippen LogP contribution >= 0.6 is 0 Å².